The number of imidazole rings is 1. The molecule has 0 aliphatic heterocycles. The van der Waals surface area contributed by atoms with Crippen LogP contribution in [0.5, 0.6) is 0 Å². The number of anilines is 1. The second-order valence-corrected chi connectivity index (χ2v) is 7.69. The van der Waals surface area contributed by atoms with Crippen molar-refractivity contribution in [2.24, 2.45) is 0 Å². The number of pyridine rings is 3. The Hall–Kier alpha value is -3.22. The van der Waals surface area contributed by atoms with E-state index in [4.69, 9.17) is 0 Å². The second kappa shape index (κ2) is 6.44. The summed E-state index contributed by atoms with van der Waals surface area (Å²) >= 11 is 0. The van der Waals surface area contributed by atoms with Crippen LogP contribution in [-0.4, -0.2) is 30.1 Å². The van der Waals surface area contributed by atoms with Crippen LogP contribution in [-0.2, 0) is 0 Å². The lowest BCUT2D eigenvalue weighted by molar-refractivity contribution is 0.278. The molecular weight excluding hydrogens is 352 g/mol. The minimum atomic E-state index is 0.0297. The highest BCUT2D eigenvalue weighted by Crippen LogP contribution is 2.35. The van der Waals surface area contributed by atoms with Gasteiger partial charge in [0.2, 0.25) is 0 Å². The molecule has 1 aliphatic carbocycles. The predicted octanol–water partition coefficient (Wildman–Crippen LogP) is 3.54. The third-order valence-corrected chi connectivity index (χ3v) is 5.51. The third kappa shape index (κ3) is 2.66. The fourth-order valence-electron chi connectivity index (χ4n) is 4.07. The Morgan fingerprint density at radius 2 is 2.00 bits per heavy atom. The molecule has 0 amide bonds. The number of hydrogen-bond donors (Lipinski definition) is 1. The van der Waals surface area contributed by atoms with Crippen molar-refractivity contribution in [3.8, 4) is 0 Å². The van der Waals surface area contributed by atoms with Crippen molar-refractivity contribution in [3.05, 3.63) is 59.4 Å². The highest BCUT2D eigenvalue weighted by molar-refractivity contribution is 5.79. The summed E-state index contributed by atoms with van der Waals surface area (Å²) in [6, 6.07) is 10.4. The van der Waals surface area contributed by atoms with E-state index in [-0.39, 0.29) is 17.8 Å². The summed E-state index contributed by atoms with van der Waals surface area (Å²) in [5.41, 5.74) is 2.59. The molecule has 28 heavy (non-hydrogen) atoms. The maximum atomic E-state index is 13.0. The number of fused-ring (bicyclic) bond motifs is 2. The Morgan fingerprint density at radius 1 is 1.14 bits per heavy atom. The van der Waals surface area contributed by atoms with Gasteiger partial charge in [-0.3, -0.25) is 14.1 Å². The Labute approximate surface area is 162 Å². The van der Waals surface area contributed by atoms with Crippen molar-refractivity contribution in [1.29, 1.82) is 0 Å². The molecule has 0 spiro atoms. The van der Waals surface area contributed by atoms with Crippen LogP contribution >= 0.6 is 0 Å². The Bertz CT molecular complexity index is 1220. The molecule has 4 heterocycles. The number of aromatic nitrogens is 5. The van der Waals surface area contributed by atoms with Crippen molar-refractivity contribution < 1.29 is 0 Å². The van der Waals surface area contributed by atoms with Crippen molar-refractivity contribution in [1.82, 2.24) is 24.1 Å². The van der Waals surface area contributed by atoms with Crippen LogP contribution in [0.2, 0.25) is 0 Å². The third-order valence-electron chi connectivity index (χ3n) is 5.51. The van der Waals surface area contributed by atoms with E-state index in [1.165, 1.54) is 0 Å². The molecular formula is C21H22N6O. The van der Waals surface area contributed by atoms with Crippen molar-refractivity contribution >= 4 is 27.9 Å². The van der Waals surface area contributed by atoms with Gasteiger partial charge in [-0.05, 0) is 57.0 Å². The average Bonchev–Trinajstić information content (AvgIpc) is 2.96. The van der Waals surface area contributed by atoms with Crippen LogP contribution in [0.15, 0.2) is 53.7 Å². The fraction of sp³-hybridized carbons (Fsp3) is 0.333. The molecule has 142 valence electrons. The van der Waals surface area contributed by atoms with Gasteiger partial charge in [0, 0.05) is 35.9 Å². The first-order valence-corrected chi connectivity index (χ1v) is 9.66. The Kier molecular flexibility index (Phi) is 3.89. The quantitative estimate of drug-likeness (QED) is 0.591. The van der Waals surface area contributed by atoms with Gasteiger partial charge in [0.25, 0.3) is 0 Å². The highest BCUT2D eigenvalue weighted by atomic mass is 16.2. The molecule has 0 aromatic carbocycles. The number of hydrogen-bond acceptors (Lipinski definition) is 5. The van der Waals surface area contributed by atoms with Gasteiger partial charge in [-0.1, -0.05) is 0 Å². The summed E-state index contributed by atoms with van der Waals surface area (Å²) in [5.74, 6) is 0.846. The molecule has 5 rings (SSSR count). The first kappa shape index (κ1) is 16.9. The van der Waals surface area contributed by atoms with E-state index < -0.39 is 0 Å². The lowest BCUT2D eigenvalue weighted by Gasteiger charge is -2.36. The van der Waals surface area contributed by atoms with Gasteiger partial charge in [0.05, 0.1) is 17.2 Å². The molecule has 1 fully saturated rings. The molecule has 7 nitrogen and oxygen atoms in total. The van der Waals surface area contributed by atoms with E-state index in [2.05, 4.69) is 20.3 Å². The average molecular weight is 374 g/mol. The summed E-state index contributed by atoms with van der Waals surface area (Å²) in [6.07, 6.45) is 7.05. The monoisotopic (exact) mass is 374 g/mol. The standard InChI is InChI=1S/C21H22N6O/c1-13(2)26-18-4-3-8-23-20(18)27(21(26)28)16-10-15(11-16)24-19-6-5-14-7-9-22-12-17(14)25-19/h3-9,12-13,15-16H,10-11H2,1-2H3,(H,24,25)/t15-,16-. The molecule has 4 aromatic rings. The minimum Gasteiger partial charge on any atom is -0.367 e. The molecule has 0 bridgehead atoms. The Morgan fingerprint density at radius 3 is 2.82 bits per heavy atom. The highest BCUT2D eigenvalue weighted by Gasteiger charge is 2.34. The van der Waals surface area contributed by atoms with E-state index in [0.29, 0.717) is 6.04 Å². The molecule has 7 heteroatoms. The lowest BCUT2D eigenvalue weighted by Crippen LogP contribution is -2.41. The van der Waals surface area contributed by atoms with E-state index in [1.54, 1.807) is 18.6 Å². The molecule has 0 atom stereocenters. The maximum absolute atomic E-state index is 13.0. The first-order chi connectivity index (χ1) is 13.6. The molecule has 1 N–H and O–H groups in total. The summed E-state index contributed by atoms with van der Waals surface area (Å²) < 4.78 is 3.70. The normalized spacial score (nSPS) is 19.2. The zero-order chi connectivity index (χ0) is 19.3. The number of nitrogens with zero attached hydrogens (tertiary/aromatic N) is 5. The molecule has 4 aromatic heterocycles. The van der Waals surface area contributed by atoms with Gasteiger partial charge in [-0.25, -0.2) is 14.8 Å². The van der Waals surface area contributed by atoms with Crippen molar-refractivity contribution in [2.75, 3.05) is 5.32 Å². The SMILES string of the molecule is CC(C)n1c(=O)n([C@H]2C[C@H](Nc3ccc4ccncc4n3)C2)c2ncccc21. The lowest BCUT2D eigenvalue weighted by atomic mass is 9.86. The number of nitrogens with one attached hydrogen (secondary N) is 1. The molecule has 1 aliphatic rings. The first-order valence-electron chi connectivity index (χ1n) is 9.66. The van der Waals surface area contributed by atoms with Crippen LogP contribution in [0.3, 0.4) is 0 Å². The molecule has 0 radical (unpaired) electrons. The van der Waals surface area contributed by atoms with Crippen LogP contribution in [0.25, 0.3) is 22.1 Å². The zero-order valence-corrected chi connectivity index (χ0v) is 15.9. The van der Waals surface area contributed by atoms with E-state index in [9.17, 15) is 4.79 Å². The molecule has 0 unspecified atom stereocenters. The van der Waals surface area contributed by atoms with Crippen LogP contribution in [0, 0.1) is 0 Å². The number of rotatable bonds is 4. The summed E-state index contributed by atoms with van der Waals surface area (Å²) in [7, 11) is 0. The van der Waals surface area contributed by atoms with Gasteiger partial charge in [0.15, 0.2) is 5.65 Å². The van der Waals surface area contributed by atoms with Gasteiger partial charge >= 0.3 is 5.69 Å². The molecule has 0 saturated heterocycles. The summed E-state index contributed by atoms with van der Waals surface area (Å²) in [5, 5.41) is 4.56. The maximum Gasteiger partial charge on any atom is 0.330 e. The van der Waals surface area contributed by atoms with Crippen molar-refractivity contribution in [3.63, 3.8) is 0 Å². The predicted molar refractivity (Wildman–Crippen MR) is 110 cm³/mol. The van der Waals surface area contributed by atoms with Crippen LogP contribution in [0.1, 0.15) is 38.8 Å². The van der Waals surface area contributed by atoms with Gasteiger partial charge < -0.3 is 5.32 Å². The second-order valence-electron chi connectivity index (χ2n) is 7.69. The molecule has 1 saturated carbocycles. The smallest absolute Gasteiger partial charge is 0.330 e. The summed E-state index contributed by atoms with van der Waals surface area (Å²) in [4.78, 5) is 26.3. The van der Waals surface area contributed by atoms with E-state index >= 15 is 0 Å². The topological polar surface area (TPSA) is 77.6 Å². The van der Waals surface area contributed by atoms with E-state index in [1.807, 2.05) is 53.3 Å². The van der Waals surface area contributed by atoms with Gasteiger partial charge in [-0.2, -0.15) is 0 Å². The van der Waals surface area contributed by atoms with Crippen LogP contribution < -0.4 is 11.0 Å². The van der Waals surface area contributed by atoms with E-state index in [0.717, 1.165) is 40.7 Å². The minimum absolute atomic E-state index is 0.0297. The Balaban J connectivity index is 1.38. The largest absolute Gasteiger partial charge is 0.367 e. The van der Waals surface area contributed by atoms with Crippen molar-refractivity contribution in [2.45, 2.75) is 44.8 Å². The summed E-state index contributed by atoms with van der Waals surface area (Å²) in [6.45, 7) is 4.06. The van der Waals surface area contributed by atoms with Crippen LogP contribution in [0.4, 0.5) is 5.82 Å². The fourth-order valence-corrected chi connectivity index (χ4v) is 4.07. The zero-order valence-electron chi connectivity index (χ0n) is 15.9. The van der Waals surface area contributed by atoms with Gasteiger partial charge in [0.1, 0.15) is 5.82 Å². The van der Waals surface area contributed by atoms with Gasteiger partial charge in [-0.15, -0.1) is 0 Å².